The molecule has 1 amide bonds. The molecule has 2 heterocycles. The number of benzene rings is 3. The highest BCUT2D eigenvalue weighted by Gasteiger charge is 2.27. The van der Waals surface area contributed by atoms with Crippen LogP contribution in [0.3, 0.4) is 0 Å². The van der Waals surface area contributed by atoms with Crippen LogP contribution in [0.1, 0.15) is 43.0 Å². The first-order valence-corrected chi connectivity index (χ1v) is 12.2. The number of carbonyl (C=O) groups excluding carboxylic acids is 1. The molecule has 1 aromatic heterocycles. The Balaban J connectivity index is 1.20. The van der Waals surface area contributed by atoms with Crippen molar-refractivity contribution in [3.05, 3.63) is 75.3 Å². The normalized spacial score (nSPS) is 14.6. The third-order valence-electron chi connectivity index (χ3n) is 6.87. The fourth-order valence-electron chi connectivity index (χ4n) is 5.10. The van der Waals surface area contributed by atoms with E-state index < -0.39 is 0 Å². The molecule has 0 unspecified atom stereocenters. The van der Waals surface area contributed by atoms with Gasteiger partial charge in [0.2, 0.25) is 5.91 Å². The van der Waals surface area contributed by atoms with Crippen molar-refractivity contribution in [3.63, 3.8) is 0 Å². The van der Waals surface area contributed by atoms with Gasteiger partial charge >= 0.3 is 0 Å². The number of amides is 1. The summed E-state index contributed by atoms with van der Waals surface area (Å²) in [7, 11) is 0. The van der Waals surface area contributed by atoms with Crippen molar-refractivity contribution in [2.75, 3.05) is 18.8 Å². The number of nitrogens with zero attached hydrogens (tertiary/aromatic N) is 2. The summed E-state index contributed by atoms with van der Waals surface area (Å²) in [5, 5.41) is 13.6. The van der Waals surface area contributed by atoms with Crippen molar-refractivity contribution in [2.24, 2.45) is 0 Å². The molecule has 35 heavy (non-hydrogen) atoms. The number of rotatable bonds is 5. The van der Waals surface area contributed by atoms with Gasteiger partial charge in [-0.05, 0) is 54.8 Å². The van der Waals surface area contributed by atoms with Gasteiger partial charge in [-0.25, -0.2) is 4.98 Å². The summed E-state index contributed by atoms with van der Waals surface area (Å²) in [5.41, 5.74) is 8.01. The third-order valence-corrected chi connectivity index (χ3v) is 7.11. The molecule has 7 nitrogen and oxygen atoms in total. The van der Waals surface area contributed by atoms with Crippen LogP contribution >= 0.6 is 11.6 Å². The fourth-order valence-corrected chi connectivity index (χ4v) is 5.27. The molecule has 1 saturated heterocycles. The summed E-state index contributed by atoms with van der Waals surface area (Å²) in [6.45, 7) is 1.26. The van der Waals surface area contributed by atoms with Crippen LogP contribution in [0, 0.1) is 0 Å². The Morgan fingerprint density at radius 1 is 1.11 bits per heavy atom. The van der Waals surface area contributed by atoms with E-state index in [1.807, 2.05) is 41.3 Å². The van der Waals surface area contributed by atoms with Crippen molar-refractivity contribution >= 4 is 44.9 Å². The Morgan fingerprint density at radius 3 is 2.69 bits per heavy atom. The smallest absolute Gasteiger partial charge is 0.258 e. The first-order valence-electron chi connectivity index (χ1n) is 11.9. The monoisotopic (exact) mass is 490 g/mol. The average Bonchev–Trinajstić information content (AvgIpc) is 2.85. The minimum atomic E-state index is -0.153. The zero-order valence-corrected chi connectivity index (χ0v) is 20.0. The van der Waals surface area contributed by atoms with Crippen LogP contribution in [0.2, 0.25) is 5.02 Å². The van der Waals surface area contributed by atoms with Gasteiger partial charge in [0.1, 0.15) is 11.6 Å². The van der Waals surface area contributed by atoms with Crippen LogP contribution in [-0.2, 0) is 11.2 Å². The Hall–Kier alpha value is -3.58. The van der Waals surface area contributed by atoms with Crippen molar-refractivity contribution in [2.45, 2.75) is 38.0 Å². The van der Waals surface area contributed by atoms with E-state index in [0.29, 0.717) is 59.8 Å². The first kappa shape index (κ1) is 23.2. The van der Waals surface area contributed by atoms with Crippen LogP contribution in [0.5, 0.6) is 5.75 Å². The molecular formula is C27H27ClN4O3. The van der Waals surface area contributed by atoms with Crippen LogP contribution in [0.25, 0.3) is 21.7 Å². The van der Waals surface area contributed by atoms with Gasteiger partial charge < -0.3 is 20.7 Å². The number of hydrogen-bond donors (Lipinski definition) is 3. The summed E-state index contributed by atoms with van der Waals surface area (Å²) in [4.78, 5) is 34.3. The van der Waals surface area contributed by atoms with Crippen LogP contribution in [0.15, 0.2) is 53.3 Å². The van der Waals surface area contributed by atoms with Crippen LogP contribution in [-0.4, -0.2) is 39.0 Å². The zero-order chi connectivity index (χ0) is 24.5. The number of aromatic hydroxyl groups is 1. The Bertz CT molecular complexity index is 1480. The summed E-state index contributed by atoms with van der Waals surface area (Å²) >= 11 is 6.15. The van der Waals surface area contributed by atoms with E-state index in [-0.39, 0.29) is 23.1 Å². The fraction of sp³-hybridized carbons (Fsp3) is 0.296. The molecule has 3 aromatic carbocycles. The number of H-pyrrole nitrogens is 1. The number of anilines is 1. The second kappa shape index (κ2) is 9.58. The Morgan fingerprint density at radius 2 is 1.89 bits per heavy atom. The molecule has 4 aromatic rings. The van der Waals surface area contributed by atoms with Crippen molar-refractivity contribution in [1.82, 2.24) is 14.9 Å². The molecule has 8 heteroatoms. The lowest BCUT2D eigenvalue weighted by molar-refractivity contribution is -0.132. The number of piperidine rings is 1. The third kappa shape index (κ3) is 4.68. The van der Waals surface area contributed by atoms with E-state index in [9.17, 15) is 14.7 Å². The predicted molar refractivity (Wildman–Crippen MR) is 139 cm³/mol. The number of likely N-dealkylation sites (tertiary alicyclic amines) is 1. The highest BCUT2D eigenvalue weighted by atomic mass is 35.5. The molecular weight excluding hydrogens is 464 g/mol. The summed E-state index contributed by atoms with van der Waals surface area (Å²) in [6, 6.07) is 14.4. The van der Waals surface area contributed by atoms with Gasteiger partial charge in [-0.2, -0.15) is 0 Å². The molecule has 1 fully saturated rings. The quantitative estimate of drug-likeness (QED) is 0.349. The number of nitrogen functional groups attached to an aromatic ring is 1. The van der Waals surface area contributed by atoms with Gasteiger partial charge in [-0.1, -0.05) is 29.8 Å². The number of hydrogen-bond acceptors (Lipinski definition) is 5. The van der Waals surface area contributed by atoms with Gasteiger partial charge in [0.15, 0.2) is 0 Å². The summed E-state index contributed by atoms with van der Waals surface area (Å²) in [5.74, 6) is 1.03. The van der Waals surface area contributed by atoms with Gasteiger partial charge in [0, 0.05) is 53.7 Å². The Kier molecular flexibility index (Phi) is 6.34. The number of phenols is 1. The number of aromatic amines is 1. The minimum Gasteiger partial charge on any atom is -0.508 e. The number of fused-ring (bicyclic) bond motifs is 2. The maximum Gasteiger partial charge on any atom is 0.258 e. The highest BCUT2D eigenvalue weighted by molar-refractivity contribution is 6.31. The second-order valence-corrected chi connectivity index (χ2v) is 9.56. The highest BCUT2D eigenvalue weighted by Crippen LogP contribution is 2.42. The van der Waals surface area contributed by atoms with E-state index in [2.05, 4.69) is 9.97 Å². The largest absolute Gasteiger partial charge is 0.508 e. The molecule has 1 aliphatic heterocycles. The van der Waals surface area contributed by atoms with E-state index in [0.717, 1.165) is 29.2 Å². The maximum atomic E-state index is 12.8. The molecule has 0 spiro atoms. The van der Waals surface area contributed by atoms with Crippen molar-refractivity contribution in [1.29, 1.82) is 0 Å². The number of aryl methyl sites for hydroxylation is 1. The average molecular weight is 491 g/mol. The molecule has 180 valence electrons. The van der Waals surface area contributed by atoms with Gasteiger partial charge in [-0.3, -0.25) is 9.59 Å². The van der Waals surface area contributed by atoms with E-state index in [4.69, 9.17) is 17.3 Å². The number of nitrogens with two attached hydrogens (primary N) is 1. The lowest BCUT2D eigenvalue weighted by Gasteiger charge is -2.33. The molecule has 0 atom stereocenters. The first-order chi connectivity index (χ1) is 16.9. The molecule has 4 N–H and O–H groups in total. The molecule has 0 saturated carbocycles. The SMILES string of the molecule is Nc1cc(O)c(C2CCN(C(=O)CCCc3nc4ccccc4c(=O)[nH]3)CC2)c2ccc(Cl)cc12. The maximum absolute atomic E-state index is 12.8. The topological polar surface area (TPSA) is 112 Å². The second-order valence-electron chi connectivity index (χ2n) is 9.13. The van der Waals surface area contributed by atoms with Crippen LogP contribution < -0.4 is 11.3 Å². The van der Waals surface area contributed by atoms with Crippen molar-refractivity contribution < 1.29 is 9.90 Å². The number of carbonyl (C=O) groups is 1. The predicted octanol–water partition coefficient (Wildman–Crippen LogP) is 4.75. The number of para-hydroxylation sites is 1. The van der Waals surface area contributed by atoms with Gasteiger partial charge in [-0.15, -0.1) is 0 Å². The van der Waals surface area contributed by atoms with Crippen molar-refractivity contribution in [3.8, 4) is 5.75 Å². The standard InChI is InChI=1S/C27H27ClN4O3/c28-17-8-9-18-20(14-17)21(29)15-23(33)26(18)16-10-12-32(13-11-16)25(34)7-3-6-24-30-22-5-2-1-4-19(22)27(35)31-24/h1-2,4-5,8-9,14-16,33H,3,6-7,10-13,29H2,(H,30,31,35). The van der Waals surface area contributed by atoms with E-state index in [1.54, 1.807) is 12.1 Å². The number of halogens is 1. The lowest BCUT2D eigenvalue weighted by Crippen LogP contribution is -2.37. The molecule has 1 aliphatic rings. The summed E-state index contributed by atoms with van der Waals surface area (Å²) in [6.07, 6.45) is 3.08. The molecule has 5 rings (SSSR count). The van der Waals surface area contributed by atoms with E-state index >= 15 is 0 Å². The van der Waals surface area contributed by atoms with Gasteiger partial charge in [0.05, 0.1) is 10.9 Å². The zero-order valence-electron chi connectivity index (χ0n) is 19.3. The van der Waals surface area contributed by atoms with Gasteiger partial charge in [0.25, 0.3) is 5.56 Å². The van der Waals surface area contributed by atoms with E-state index in [1.165, 1.54) is 0 Å². The number of phenolic OH excluding ortho intramolecular Hbond substituents is 1. The molecule has 0 aliphatic carbocycles. The molecule has 0 radical (unpaired) electrons. The minimum absolute atomic E-state index is 0.102. The Labute approximate surface area is 207 Å². The lowest BCUT2D eigenvalue weighted by atomic mass is 9.85. The molecule has 0 bridgehead atoms. The number of nitrogens with one attached hydrogen (secondary N) is 1. The summed E-state index contributed by atoms with van der Waals surface area (Å²) < 4.78 is 0. The van der Waals surface area contributed by atoms with Crippen LogP contribution in [0.4, 0.5) is 5.69 Å². The number of aromatic nitrogens is 2.